The standard InChI is InChI=1S/C28H31Cl2N3O4/c1-6-36-24-15-19(27(34)31-20-7-9-22(29)17(2)13-20)16-25(37-12-11-33(4)5)26(24)28(35)32-21-8-10-23(30)18(3)14-21/h7-10,13-16H,6,11-12H2,1-5H3,(H,31,34)(H,32,35). The summed E-state index contributed by atoms with van der Waals surface area (Å²) in [4.78, 5) is 28.6. The Labute approximate surface area is 227 Å². The lowest BCUT2D eigenvalue weighted by atomic mass is 10.1. The maximum atomic E-state index is 13.4. The van der Waals surface area contributed by atoms with Gasteiger partial charge in [-0.25, -0.2) is 0 Å². The van der Waals surface area contributed by atoms with E-state index in [1.165, 1.54) is 0 Å². The van der Waals surface area contributed by atoms with Gasteiger partial charge in [0.25, 0.3) is 11.8 Å². The van der Waals surface area contributed by atoms with E-state index in [0.29, 0.717) is 41.2 Å². The summed E-state index contributed by atoms with van der Waals surface area (Å²) in [7, 11) is 3.84. The topological polar surface area (TPSA) is 79.9 Å². The average molecular weight is 544 g/mol. The third-order valence-electron chi connectivity index (χ3n) is 5.48. The van der Waals surface area contributed by atoms with E-state index in [9.17, 15) is 9.59 Å². The Morgan fingerprint density at radius 1 is 0.811 bits per heavy atom. The molecule has 0 aliphatic rings. The maximum Gasteiger partial charge on any atom is 0.263 e. The number of ether oxygens (including phenoxy) is 2. The summed E-state index contributed by atoms with van der Waals surface area (Å²) in [6, 6.07) is 13.5. The predicted molar refractivity (Wildman–Crippen MR) is 150 cm³/mol. The lowest BCUT2D eigenvalue weighted by Crippen LogP contribution is -2.22. The fourth-order valence-corrected chi connectivity index (χ4v) is 3.74. The van der Waals surface area contributed by atoms with Gasteiger partial charge in [0, 0.05) is 33.5 Å². The van der Waals surface area contributed by atoms with Gasteiger partial charge in [-0.15, -0.1) is 0 Å². The molecular weight excluding hydrogens is 513 g/mol. The number of likely N-dealkylation sites (N-methyl/N-ethyl adjacent to an activating group) is 1. The normalized spacial score (nSPS) is 10.8. The molecule has 3 aromatic carbocycles. The number of nitrogens with zero attached hydrogens (tertiary/aromatic N) is 1. The lowest BCUT2D eigenvalue weighted by molar-refractivity contribution is 0.100. The molecule has 0 fully saturated rings. The molecule has 7 nitrogen and oxygen atoms in total. The zero-order chi connectivity index (χ0) is 27.1. The van der Waals surface area contributed by atoms with Crippen molar-refractivity contribution in [3.8, 4) is 11.5 Å². The molecule has 0 saturated heterocycles. The molecule has 0 heterocycles. The number of carbonyl (C=O) groups excluding carboxylic acids is 2. The van der Waals surface area contributed by atoms with Crippen molar-refractivity contribution in [1.82, 2.24) is 4.90 Å². The SMILES string of the molecule is CCOc1cc(C(=O)Nc2ccc(Cl)c(C)c2)cc(OCCN(C)C)c1C(=O)Nc1ccc(Cl)c(C)c1. The molecule has 0 aromatic heterocycles. The van der Waals surface area contributed by atoms with Crippen LogP contribution in [0.15, 0.2) is 48.5 Å². The van der Waals surface area contributed by atoms with Gasteiger partial charge in [0.15, 0.2) is 0 Å². The van der Waals surface area contributed by atoms with E-state index in [2.05, 4.69) is 10.6 Å². The first-order valence-corrected chi connectivity index (χ1v) is 12.6. The molecule has 196 valence electrons. The van der Waals surface area contributed by atoms with Crippen molar-refractivity contribution in [2.45, 2.75) is 20.8 Å². The summed E-state index contributed by atoms with van der Waals surface area (Å²) >= 11 is 12.2. The number of anilines is 2. The van der Waals surface area contributed by atoms with Crippen LogP contribution in [0.2, 0.25) is 10.0 Å². The number of nitrogens with one attached hydrogen (secondary N) is 2. The average Bonchev–Trinajstić information content (AvgIpc) is 2.83. The Morgan fingerprint density at radius 3 is 1.81 bits per heavy atom. The lowest BCUT2D eigenvalue weighted by Gasteiger charge is -2.19. The van der Waals surface area contributed by atoms with Crippen LogP contribution in [0.5, 0.6) is 11.5 Å². The van der Waals surface area contributed by atoms with Crippen LogP contribution in [0.3, 0.4) is 0 Å². The molecule has 3 rings (SSSR count). The summed E-state index contributed by atoms with van der Waals surface area (Å²) in [5.74, 6) is -0.315. The first kappa shape index (κ1) is 28.3. The van der Waals surface area contributed by atoms with Gasteiger partial charge in [0.2, 0.25) is 0 Å². The quantitative estimate of drug-likeness (QED) is 0.307. The third kappa shape index (κ3) is 7.61. The summed E-state index contributed by atoms with van der Waals surface area (Å²) in [5.41, 5.74) is 3.33. The molecule has 3 aromatic rings. The highest BCUT2D eigenvalue weighted by atomic mass is 35.5. The van der Waals surface area contributed by atoms with Crippen molar-refractivity contribution in [1.29, 1.82) is 0 Å². The molecule has 2 amide bonds. The number of benzene rings is 3. The van der Waals surface area contributed by atoms with Crippen molar-refractivity contribution >= 4 is 46.4 Å². The summed E-state index contributed by atoms with van der Waals surface area (Å²) < 4.78 is 11.8. The molecule has 9 heteroatoms. The third-order valence-corrected chi connectivity index (χ3v) is 6.33. The molecule has 0 atom stereocenters. The molecule has 37 heavy (non-hydrogen) atoms. The minimum absolute atomic E-state index is 0.201. The number of carbonyl (C=O) groups is 2. The molecular formula is C28H31Cl2N3O4. The maximum absolute atomic E-state index is 13.4. The van der Waals surface area contributed by atoms with Gasteiger partial charge in [-0.05, 0) is 94.5 Å². The predicted octanol–water partition coefficient (Wildman–Crippen LogP) is 6.45. The highest BCUT2D eigenvalue weighted by Gasteiger charge is 2.23. The number of hydrogen-bond acceptors (Lipinski definition) is 5. The van der Waals surface area contributed by atoms with Gasteiger partial charge in [-0.2, -0.15) is 0 Å². The van der Waals surface area contributed by atoms with E-state index in [1.807, 2.05) is 32.8 Å². The minimum atomic E-state index is -0.426. The van der Waals surface area contributed by atoms with Gasteiger partial charge < -0.3 is 25.0 Å². The van der Waals surface area contributed by atoms with E-state index in [1.54, 1.807) is 55.5 Å². The number of halogens is 2. The summed E-state index contributed by atoms with van der Waals surface area (Å²) in [6.45, 7) is 6.73. The first-order valence-electron chi connectivity index (χ1n) is 11.8. The number of hydrogen-bond donors (Lipinski definition) is 2. The van der Waals surface area contributed by atoms with Crippen LogP contribution >= 0.6 is 23.2 Å². The highest BCUT2D eigenvalue weighted by Crippen LogP contribution is 2.33. The van der Waals surface area contributed by atoms with Crippen LogP contribution in [0.25, 0.3) is 0 Å². The van der Waals surface area contributed by atoms with Gasteiger partial charge in [0.05, 0.1) is 6.61 Å². The summed E-state index contributed by atoms with van der Waals surface area (Å²) in [6.07, 6.45) is 0. The molecule has 0 radical (unpaired) electrons. The number of amides is 2. The van der Waals surface area contributed by atoms with Crippen LogP contribution in [0, 0.1) is 13.8 Å². The smallest absolute Gasteiger partial charge is 0.263 e. The number of rotatable bonds is 10. The minimum Gasteiger partial charge on any atom is -0.493 e. The van der Waals surface area contributed by atoms with Crippen molar-refractivity contribution in [2.24, 2.45) is 0 Å². The Kier molecular flexibility index (Phi) is 9.80. The largest absolute Gasteiger partial charge is 0.493 e. The van der Waals surface area contributed by atoms with Gasteiger partial charge in [-0.1, -0.05) is 23.2 Å². The van der Waals surface area contributed by atoms with Crippen LogP contribution in [0.1, 0.15) is 38.8 Å². The van der Waals surface area contributed by atoms with E-state index >= 15 is 0 Å². The molecule has 2 N–H and O–H groups in total. The summed E-state index contributed by atoms with van der Waals surface area (Å²) in [5, 5.41) is 6.97. The van der Waals surface area contributed by atoms with Crippen LogP contribution in [0.4, 0.5) is 11.4 Å². The second-order valence-electron chi connectivity index (χ2n) is 8.77. The Morgan fingerprint density at radius 2 is 1.32 bits per heavy atom. The van der Waals surface area contributed by atoms with Crippen molar-refractivity contribution in [3.05, 3.63) is 80.8 Å². The van der Waals surface area contributed by atoms with Crippen molar-refractivity contribution in [2.75, 3.05) is 44.5 Å². The van der Waals surface area contributed by atoms with E-state index in [-0.39, 0.29) is 28.5 Å². The Hall–Kier alpha value is -3.26. The second kappa shape index (κ2) is 12.8. The van der Waals surface area contributed by atoms with E-state index in [4.69, 9.17) is 32.7 Å². The van der Waals surface area contributed by atoms with Crippen molar-refractivity contribution < 1.29 is 19.1 Å². The van der Waals surface area contributed by atoms with Gasteiger partial charge in [-0.3, -0.25) is 9.59 Å². The Bertz CT molecular complexity index is 1290. The monoisotopic (exact) mass is 543 g/mol. The molecule has 0 aliphatic carbocycles. The fourth-order valence-electron chi connectivity index (χ4n) is 3.51. The van der Waals surface area contributed by atoms with Crippen LogP contribution in [-0.2, 0) is 0 Å². The molecule has 0 saturated carbocycles. The van der Waals surface area contributed by atoms with Gasteiger partial charge in [0.1, 0.15) is 23.7 Å². The number of aryl methyl sites for hydroxylation is 2. The fraction of sp³-hybridized carbons (Fsp3) is 0.286. The Balaban J connectivity index is 1.99. The van der Waals surface area contributed by atoms with Gasteiger partial charge >= 0.3 is 0 Å². The molecule has 0 unspecified atom stereocenters. The molecule has 0 aliphatic heterocycles. The molecule has 0 bridgehead atoms. The van der Waals surface area contributed by atoms with Crippen molar-refractivity contribution in [3.63, 3.8) is 0 Å². The van der Waals surface area contributed by atoms with Crippen LogP contribution < -0.4 is 20.1 Å². The van der Waals surface area contributed by atoms with E-state index < -0.39 is 5.91 Å². The zero-order valence-electron chi connectivity index (χ0n) is 21.6. The zero-order valence-corrected chi connectivity index (χ0v) is 23.1. The first-order chi connectivity index (χ1) is 17.6. The van der Waals surface area contributed by atoms with E-state index in [0.717, 1.165) is 11.1 Å². The van der Waals surface area contributed by atoms with Crippen LogP contribution in [-0.4, -0.2) is 50.6 Å². The highest BCUT2D eigenvalue weighted by molar-refractivity contribution is 6.31. The molecule has 0 spiro atoms. The second-order valence-corrected chi connectivity index (χ2v) is 9.58.